The number of ether oxygens (including phenoxy) is 1. The third kappa shape index (κ3) is 3.62. The van der Waals surface area contributed by atoms with Crippen LogP contribution >= 0.6 is 11.6 Å². The van der Waals surface area contributed by atoms with Gasteiger partial charge in [-0.1, -0.05) is 17.7 Å². The van der Waals surface area contributed by atoms with Crippen LogP contribution in [-0.4, -0.2) is 38.3 Å². The van der Waals surface area contributed by atoms with Gasteiger partial charge in [0.15, 0.2) is 0 Å². The second kappa shape index (κ2) is 7.83. The number of anilines is 2. The summed E-state index contributed by atoms with van der Waals surface area (Å²) in [6.07, 6.45) is 0. The fourth-order valence-corrected chi connectivity index (χ4v) is 3.50. The zero-order valence-corrected chi connectivity index (χ0v) is 16.2. The predicted molar refractivity (Wildman–Crippen MR) is 109 cm³/mol. The topological polar surface area (TPSA) is 65.5 Å². The molecule has 0 unspecified atom stereocenters. The molecule has 1 fully saturated rings. The Hall–Kier alpha value is -3.17. The van der Waals surface area contributed by atoms with Crippen molar-refractivity contribution in [1.29, 1.82) is 5.26 Å². The minimum Gasteiger partial charge on any atom is -0.497 e. The van der Waals surface area contributed by atoms with Gasteiger partial charge in [0.1, 0.15) is 11.8 Å². The van der Waals surface area contributed by atoms with Gasteiger partial charge in [0, 0.05) is 42.5 Å². The number of aromatic nitrogens is 1. The lowest BCUT2D eigenvalue weighted by atomic mass is 10.2. The third-order valence-electron chi connectivity index (χ3n) is 4.79. The van der Waals surface area contributed by atoms with Crippen molar-refractivity contribution in [2.24, 2.45) is 0 Å². The molecular weight excluding hydrogens is 376 g/mol. The van der Waals surface area contributed by atoms with Gasteiger partial charge in [0.05, 0.1) is 7.11 Å². The fraction of sp³-hybridized carbons (Fsp3) is 0.238. The van der Waals surface area contributed by atoms with E-state index in [0.717, 1.165) is 43.2 Å². The van der Waals surface area contributed by atoms with Gasteiger partial charge in [-0.3, -0.25) is 0 Å². The molecule has 0 N–H and O–H groups in total. The Morgan fingerprint density at radius 3 is 2.43 bits per heavy atom. The number of benzene rings is 2. The van der Waals surface area contributed by atoms with E-state index in [1.165, 1.54) is 0 Å². The number of piperazine rings is 1. The molecule has 1 aliphatic rings. The van der Waals surface area contributed by atoms with E-state index in [2.05, 4.69) is 33.0 Å². The normalized spacial score (nSPS) is 14.0. The smallest absolute Gasteiger partial charge is 0.235 e. The summed E-state index contributed by atoms with van der Waals surface area (Å²) < 4.78 is 11.2. The molecule has 0 aliphatic carbocycles. The molecule has 0 radical (unpaired) electrons. The summed E-state index contributed by atoms with van der Waals surface area (Å²) in [5.41, 5.74) is 2.21. The monoisotopic (exact) mass is 394 g/mol. The number of oxazole rings is 1. The maximum atomic E-state index is 9.50. The van der Waals surface area contributed by atoms with Crippen LogP contribution in [0, 0.1) is 11.3 Å². The highest BCUT2D eigenvalue weighted by molar-refractivity contribution is 6.30. The second-order valence-electron chi connectivity index (χ2n) is 6.47. The number of nitrogens with zero attached hydrogens (tertiary/aromatic N) is 4. The van der Waals surface area contributed by atoms with E-state index in [-0.39, 0.29) is 0 Å². The van der Waals surface area contributed by atoms with Gasteiger partial charge in [0.25, 0.3) is 0 Å². The van der Waals surface area contributed by atoms with Crippen LogP contribution < -0.4 is 14.5 Å². The van der Waals surface area contributed by atoms with E-state index < -0.39 is 0 Å². The Balaban J connectivity index is 1.50. The van der Waals surface area contributed by atoms with Crippen molar-refractivity contribution in [2.45, 2.75) is 0 Å². The summed E-state index contributed by atoms with van der Waals surface area (Å²) in [4.78, 5) is 8.73. The molecule has 2 heterocycles. The number of nitriles is 1. The molecule has 0 saturated carbocycles. The van der Waals surface area contributed by atoms with Crippen LogP contribution in [0.5, 0.6) is 5.75 Å². The molecule has 0 atom stereocenters. The van der Waals surface area contributed by atoms with Gasteiger partial charge in [-0.05, 0) is 42.5 Å². The highest BCUT2D eigenvalue weighted by atomic mass is 35.5. The molecule has 4 rings (SSSR count). The quantitative estimate of drug-likeness (QED) is 0.660. The Morgan fingerprint density at radius 2 is 1.79 bits per heavy atom. The molecule has 0 spiro atoms. The fourth-order valence-electron chi connectivity index (χ4n) is 3.31. The van der Waals surface area contributed by atoms with Gasteiger partial charge in [-0.15, -0.1) is 0 Å². The highest BCUT2D eigenvalue weighted by Gasteiger charge is 2.24. The molecule has 1 aromatic heterocycles. The number of methoxy groups -OCH3 is 1. The summed E-state index contributed by atoms with van der Waals surface area (Å²) in [6, 6.07) is 17.4. The lowest BCUT2D eigenvalue weighted by Crippen LogP contribution is -2.46. The SMILES string of the molecule is COc1ccc(N2CCN(c3oc(-c4cccc(Cl)c4)nc3C#N)CC2)cc1. The van der Waals surface area contributed by atoms with Crippen LogP contribution in [0.4, 0.5) is 11.6 Å². The average Bonchev–Trinajstić information content (AvgIpc) is 3.18. The molecule has 2 aromatic carbocycles. The maximum absolute atomic E-state index is 9.50. The third-order valence-corrected chi connectivity index (χ3v) is 5.03. The molecular formula is C21H19ClN4O2. The van der Waals surface area contributed by atoms with Crippen molar-refractivity contribution in [3.8, 4) is 23.3 Å². The summed E-state index contributed by atoms with van der Waals surface area (Å²) >= 11 is 6.06. The Kier molecular flexibility index (Phi) is 5.09. The largest absolute Gasteiger partial charge is 0.497 e. The van der Waals surface area contributed by atoms with Gasteiger partial charge in [-0.2, -0.15) is 10.2 Å². The maximum Gasteiger partial charge on any atom is 0.235 e. The van der Waals surface area contributed by atoms with Crippen LogP contribution in [0.2, 0.25) is 5.02 Å². The summed E-state index contributed by atoms with van der Waals surface area (Å²) in [5.74, 6) is 1.77. The Bertz CT molecular complexity index is 1000. The summed E-state index contributed by atoms with van der Waals surface area (Å²) in [6.45, 7) is 3.13. The van der Waals surface area contributed by atoms with Crippen molar-refractivity contribution in [2.75, 3.05) is 43.1 Å². The standard InChI is InChI=1S/C21H19ClN4O2/c1-27-18-7-5-17(6-8-18)25-9-11-26(12-10-25)21-19(14-23)24-20(28-21)15-3-2-4-16(22)13-15/h2-8,13H,9-12H2,1H3. The van der Waals surface area contributed by atoms with E-state index in [1.54, 1.807) is 19.2 Å². The molecule has 1 saturated heterocycles. The first-order chi connectivity index (χ1) is 13.7. The first-order valence-electron chi connectivity index (χ1n) is 8.99. The molecule has 3 aromatic rings. The molecule has 7 heteroatoms. The van der Waals surface area contributed by atoms with Crippen LogP contribution in [-0.2, 0) is 0 Å². The van der Waals surface area contributed by atoms with Crippen LogP contribution in [0.3, 0.4) is 0 Å². The van der Waals surface area contributed by atoms with Gasteiger partial charge in [0.2, 0.25) is 17.5 Å². The van der Waals surface area contributed by atoms with E-state index in [0.29, 0.717) is 22.5 Å². The number of hydrogen-bond donors (Lipinski definition) is 0. The van der Waals surface area contributed by atoms with Crippen LogP contribution in [0.1, 0.15) is 5.69 Å². The molecule has 0 bridgehead atoms. The molecule has 1 aliphatic heterocycles. The number of rotatable bonds is 4. The molecule has 0 amide bonds. The number of halogens is 1. The zero-order chi connectivity index (χ0) is 19.5. The highest BCUT2D eigenvalue weighted by Crippen LogP contribution is 2.30. The lowest BCUT2D eigenvalue weighted by Gasteiger charge is -2.35. The van der Waals surface area contributed by atoms with Crippen molar-refractivity contribution in [3.63, 3.8) is 0 Å². The van der Waals surface area contributed by atoms with Crippen molar-refractivity contribution >= 4 is 23.2 Å². The van der Waals surface area contributed by atoms with Gasteiger partial charge in [-0.25, -0.2) is 0 Å². The van der Waals surface area contributed by atoms with Gasteiger partial charge >= 0.3 is 0 Å². The average molecular weight is 395 g/mol. The second-order valence-corrected chi connectivity index (χ2v) is 6.90. The molecule has 28 heavy (non-hydrogen) atoms. The minimum atomic E-state index is 0.299. The van der Waals surface area contributed by atoms with E-state index >= 15 is 0 Å². The predicted octanol–water partition coefficient (Wildman–Crippen LogP) is 4.20. The zero-order valence-electron chi connectivity index (χ0n) is 15.4. The lowest BCUT2D eigenvalue weighted by molar-refractivity contribution is 0.415. The van der Waals surface area contributed by atoms with E-state index in [1.807, 2.05) is 24.3 Å². The van der Waals surface area contributed by atoms with Crippen LogP contribution in [0.25, 0.3) is 11.5 Å². The minimum absolute atomic E-state index is 0.299. The van der Waals surface area contributed by atoms with E-state index in [9.17, 15) is 5.26 Å². The molecule has 6 nitrogen and oxygen atoms in total. The first-order valence-corrected chi connectivity index (χ1v) is 9.36. The summed E-state index contributed by atoms with van der Waals surface area (Å²) in [5, 5.41) is 10.1. The van der Waals surface area contributed by atoms with Gasteiger partial charge < -0.3 is 19.0 Å². The Morgan fingerprint density at radius 1 is 1.07 bits per heavy atom. The molecule has 142 valence electrons. The van der Waals surface area contributed by atoms with E-state index in [4.69, 9.17) is 20.8 Å². The van der Waals surface area contributed by atoms with Crippen molar-refractivity contribution in [1.82, 2.24) is 4.98 Å². The van der Waals surface area contributed by atoms with Crippen molar-refractivity contribution in [3.05, 3.63) is 59.2 Å². The van der Waals surface area contributed by atoms with Crippen LogP contribution in [0.15, 0.2) is 52.9 Å². The first kappa shape index (κ1) is 18.2. The van der Waals surface area contributed by atoms with Crippen molar-refractivity contribution < 1.29 is 9.15 Å². The number of hydrogen-bond acceptors (Lipinski definition) is 6. The summed E-state index contributed by atoms with van der Waals surface area (Å²) in [7, 11) is 1.66. The Labute approximate surface area is 168 Å².